The molecule has 28 heavy (non-hydrogen) atoms. The molecule has 0 aliphatic heterocycles. The number of nitrogens with zero attached hydrogens (tertiary/aromatic N) is 2. The Morgan fingerprint density at radius 2 is 2.04 bits per heavy atom. The molecule has 2 rings (SSSR count). The van der Waals surface area contributed by atoms with Crippen LogP contribution in [0.15, 0.2) is 24.0 Å². The minimum Gasteiger partial charge on any atom is -0.465 e. The van der Waals surface area contributed by atoms with E-state index in [1.165, 1.54) is 13.2 Å². The molecule has 152 valence electrons. The highest BCUT2D eigenvalue weighted by molar-refractivity contribution is 6.76. The second kappa shape index (κ2) is 9.02. The van der Waals surface area contributed by atoms with Crippen molar-refractivity contribution in [2.75, 3.05) is 13.7 Å². The highest BCUT2D eigenvalue weighted by Gasteiger charge is 2.14. The van der Waals surface area contributed by atoms with Gasteiger partial charge in [-0.3, -0.25) is 5.32 Å². The molecule has 0 aliphatic carbocycles. The molecule has 0 saturated heterocycles. The van der Waals surface area contributed by atoms with Crippen LogP contribution in [0.1, 0.15) is 11.1 Å². The van der Waals surface area contributed by atoms with Gasteiger partial charge in [0.05, 0.1) is 12.6 Å². The van der Waals surface area contributed by atoms with Gasteiger partial charge < -0.3 is 14.6 Å². The number of carbonyl (C=O) groups excluding carboxylic acids is 1. The molecule has 1 aromatic heterocycles. The van der Waals surface area contributed by atoms with Crippen LogP contribution in [0.4, 0.5) is 4.79 Å². The Morgan fingerprint density at radius 1 is 1.32 bits per heavy atom. The van der Waals surface area contributed by atoms with Crippen LogP contribution in [0.5, 0.6) is 0 Å². The van der Waals surface area contributed by atoms with Crippen LogP contribution in [0.3, 0.4) is 0 Å². The summed E-state index contributed by atoms with van der Waals surface area (Å²) in [6.45, 7) is 9.90. The number of aromatic nitrogens is 2. The van der Waals surface area contributed by atoms with E-state index in [0.717, 1.165) is 22.5 Å². The molecule has 0 aliphatic rings. The number of nitrogens with one attached hydrogen (secondary N) is 1. The number of hydrogen-bond donors (Lipinski definition) is 2. The minimum absolute atomic E-state index is 0.157. The molecule has 2 N–H and O–H groups in total. The molecule has 1 amide bonds. The first-order chi connectivity index (χ1) is 13.1. The third kappa shape index (κ3) is 6.21. The Hall–Kier alpha value is -2.65. The number of hydrogen-bond acceptors (Lipinski definition) is 5. The van der Waals surface area contributed by atoms with Gasteiger partial charge in [0.2, 0.25) is 0 Å². The smallest absolute Gasteiger partial charge is 0.409 e. The third-order valence-electron chi connectivity index (χ3n) is 4.05. The van der Waals surface area contributed by atoms with Gasteiger partial charge in [-0.25, -0.2) is 14.3 Å². The maximum Gasteiger partial charge on any atom is 0.409 e. The number of aryl methyl sites for hydroxylation is 1. The standard InChI is InChI=1S/C19H27N3O5Si/c1-13-8-14(10-16(18(23)26-2)20-19(24)25)9-15-11-22(21-17(13)15)12-27-6-7-28(3,4)5/h8-11,20H,6-7,12H2,1-5H3,(H,24,25)/b16-10-. The number of methoxy groups -OCH3 is 1. The first-order valence-electron chi connectivity index (χ1n) is 8.94. The monoisotopic (exact) mass is 405 g/mol. The molecule has 9 heteroatoms. The van der Waals surface area contributed by atoms with Crippen molar-refractivity contribution < 1.29 is 24.2 Å². The quantitative estimate of drug-likeness (QED) is 0.302. The summed E-state index contributed by atoms with van der Waals surface area (Å²) >= 11 is 0. The SMILES string of the molecule is COC(=O)/C(=C/c1cc(C)c2nn(COCC[Si](C)(C)C)cc2c1)NC(=O)O. The van der Waals surface area contributed by atoms with Crippen LogP contribution < -0.4 is 5.32 Å². The molecule has 0 saturated carbocycles. The van der Waals surface area contributed by atoms with Crippen molar-refractivity contribution in [3.63, 3.8) is 0 Å². The lowest BCUT2D eigenvalue weighted by atomic mass is 10.1. The van der Waals surface area contributed by atoms with Gasteiger partial charge in [-0.2, -0.15) is 5.10 Å². The highest BCUT2D eigenvalue weighted by Crippen LogP contribution is 2.21. The van der Waals surface area contributed by atoms with E-state index in [1.54, 1.807) is 4.68 Å². The molecule has 0 atom stereocenters. The molecule has 0 radical (unpaired) electrons. The van der Waals surface area contributed by atoms with E-state index < -0.39 is 20.1 Å². The fourth-order valence-electron chi connectivity index (χ4n) is 2.61. The molecular weight excluding hydrogens is 378 g/mol. The zero-order valence-corrected chi connectivity index (χ0v) is 17.9. The highest BCUT2D eigenvalue weighted by atomic mass is 28.3. The maximum atomic E-state index is 11.8. The van der Waals surface area contributed by atoms with Crippen molar-refractivity contribution >= 4 is 37.1 Å². The summed E-state index contributed by atoms with van der Waals surface area (Å²) in [4.78, 5) is 22.7. The topological polar surface area (TPSA) is 103 Å². The molecular formula is C19H27N3O5Si. The van der Waals surface area contributed by atoms with E-state index >= 15 is 0 Å². The van der Waals surface area contributed by atoms with Crippen molar-refractivity contribution in [3.05, 3.63) is 35.2 Å². The van der Waals surface area contributed by atoms with Gasteiger partial charge in [-0.05, 0) is 42.3 Å². The van der Waals surface area contributed by atoms with E-state index in [2.05, 4.69) is 34.8 Å². The molecule has 0 fully saturated rings. The maximum absolute atomic E-state index is 11.8. The number of benzene rings is 1. The largest absolute Gasteiger partial charge is 0.465 e. The van der Waals surface area contributed by atoms with Gasteiger partial charge in [0.25, 0.3) is 0 Å². The second-order valence-electron chi connectivity index (χ2n) is 7.77. The summed E-state index contributed by atoms with van der Waals surface area (Å²) in [5.41, 5.74) is 2.25. The summed E-state index contributed by atoms with van der Waals surface area (Å²) < 4.78 is 12.1. The van der Waals surface area contributed by atoms with Crippen molar-refractivity contribution in [2.45, 2.75) is 39.3 Å². The molecule has 0 bridgehead atoms. The zero-order chi connectivity index (χ0) is 20.9. The van der Waals surface area contributed by atoms with E-state index in [-0.39, 0.29) is 5.70 Å². The lowest BCUT2D eigenvalue weighted by Crippen LogP contribution is -2.26. The number of carboxylic acid groups (broad SMARTS) is 1. The van der Waals surface area contributed by atoms with Crippen LogP contribution in [-0.4, -0.2) is 48.7 Å². The van der Waals surface area contributed by atoms with Crippen molar-refractivity contribution in [3.8, 4) is 0 Å². The van der Waals surface area contributed by atoms with Crippen molar-refractivity contribution in [1.29, 1.82) is 0 Å². The summed E-state index contributed by atoms with van der Waals surface area (Å²) in [5.74, 6) is -0.758. The van der Waals surface area contributed by atoms with Crippen molar-refractivity contribution in [2.24, 2.45) is 0 Å². The number of ether oxygens (including phenoxy) is 2. The number of carbonyl (C=O) groups is 2. The summed E-state index contributed by atoms with van der Waals surface area (Å²) in [5, 5.41) is 16.4. The minimum atomic E-state index is -1.34. The summed E-state index contributed by atoms with van der Waals surface area (Å²) in [7, 11) is 0.0645. The predicted octanol–water partition coefficient (Wildman–Crippen LogP) is 3.44. The molecule has 0 spiro atoms. The molecule has 8 nitrogen and oxygen atoms in total. The Morgan fingerprint density at radius 3 is 2.64 bits per heavy atom. The van der Waals surface area contributed by atoms with Gasteiger partial charge in [0.1, 0.15) is 12.4 Å². The Balaban J connectivity index is 2.22. The zero-order valence-electron chi connectivity index (χ0n) is 16.9. The van der Waals surface area contributed by atoms with Crippen LogP contribution in [0.2, 0.25) is 25.7 Å². The molecule has 1 aromatic carbocycles. The Bertz CT molecular complexity index is 899. The van der Waals surface area contributed by atoms with Crippen LogP contribution in [0, 0.1) is 6.92 Å². The Kier molecular flexibility index (Phi) is 6.98. The number of rotatable bonds is 8. The van der Waals surface area contributed by atoms with Crippen LogP contribution in [0.25, 0.3) is 17.0 Å². The fraction of sp³-hybridized carbons (Fsp3) is 0.421. The number of amides is 1. The van der Waals surface area contributed by atoms with Gasteiger partial charge >= 0.3 is 12.1 Å². The van der Waals surface area contributed by atoms with Gasteiger partial charge in [0, 0.05) is 26.3 Å². The average Bonchev–Trinajstić information content (AvgIpc) is 2.99. The van der Waals surface area contributed by atoms with E-state index in [4.69, 9.17) is 9.84 Å². The predicted molar refractivity (Wildman–Crippen MR) is 110 cm³/mol. The van der Waals surface area contributed by atoms with Gasteiger partial charge in [-0.1, -0.05) is 19.6 Å². The van der Waals surface area contributed by atoms with Gasteiger partial charge in [-0.15, -0.1) is 0 Å². The summed E-state index contributed by atoms with van der Waals surface area (Å²) in [6, 6.07) is 4.76. The molecule has 0 unspecified atom stereocenters. The summed E-state index contributed by atoms with van der Waals surface area (Å²) in [6.07, 6.45) is 1.97. The van der Waals surface area contributed by atoms with E-state index in [1.807, 2.05) is 25.3 Å². The molecule has 2 aromatic rings. The lowest BCUT2D eigenvalue weighted by Gasteiger charge is -2.15. The third-order valence-corrected chi connectivity index (χ3v) is 5.75. The Labute approximate surface area is 165 Å². The molecule has 1 heterocycles. The van der Waals surface area contributed by atoms with Gasteiger partial charge in [0.15, 0.2) is 0 Å². The normalized spacial score (nSPS) is 12.2. The second-order valence-corrected chi connectivity index (χ2v) is 13.4. The fourth-order valence-corrected chi connectivity index (χ4v) is 3.37. The van der Waals surface area contributed by atoms with Crippen LogP contribution in [-0.2, 0) is 21.0 Å². The number of esters is 1. The van der Waals surface area contributed by atoms with Crippen LogP contribution >= 0.6 is 0 Å². The van der Waals surface area contributed by atoms with Crippen molar-refractivity contribution in [1.82, 2.24) is 15.1 Å². The lowest BCUT2D eigenvalue weighted by molar-refractivity contribution is -0.136. The van der Waals surface area contributed by atoms with E-state index in [9.17, 15) is 9.59 Å². The van der Waals surface area contributed by atoms with E-state index in [0.29, 0.717) is 18.9 Å². The number of fused-ring (bicyclic) bond motifs is 1. The first-order valence-corrected chi connectivity index (χ1v) is 12.7. The average molecular weight is 406 g/mol. The first kappa shape index (κ1) is 21.6.